The number of likely N-dealkylation sites (tertiary alicyclic amines) is 2. The van der Waals surface area contributed by atoms with Crippen LogP contribution in [0, 0.1) is 11.8 Å². The normalized spacial score (nSPS) is 26.9. The molecule has 4 fully saturated rings. The van der Waals surface area contributed by atoms with Gasteiger partial charge in [0, 0.05) is 39.4 Å². The molecule has 24 nitrogen and oxygen atoms in total. The minimum Gasteiger partial charge on any atom is -0.508 e. The molecule has 9 amide bonds. The number of carbonyl (C=O) groups is 11. The van der Waals surface area contributed by atoms with E-state index in [4.69, 9.17) is 9.47 Å². The van der Waals surface area contributed by atoms with Crippen LogP contribution in [0.3, 0.4) is 0 Å². The number of hydrogen-bond donors (Lipinski definition) is 7. The average molecular weight is 1120 g/mol. The number of esters is 2. The number of aliphatic hydroxyl groups is 1. The lowest BCUT2D eigenvalue weighted by Crippen LogP contribution is -2.64. The van der Waals surface area contributed by atoms with E-state index in [0.717, 1.165) is 9.80 Å². The van der Waals surface area contributed by atoms with Crippen molar-refractivity contribution in [2.45, 2.75) is 206 Å². The maximum Gasteiger partial charge on any atom is 0.329 e. The van der Waals surface area contributed by atoms with E-state index >= 15 is 0 Å². The average Bonchev–Trinajstić information content (AvgIpc) is 4.13. The summed E-state index contributed by atoms with van der Waals surface area (Å²) in [5.74, 6) is -9.97. The summed E-state index contributed by atoms with van der Waals surface area (Å²) >= 11 is 0. The van der Waals surface area contributed by atoms with Crippen molar-refractivity contribution < 1.29 is 72.4 Å². The summed E-state index contributed by atoms with van der Waals surface area (Å²) in [6, 6.07) is -5.45. The number of fused-ring (bicyclic) bond motifs is 2. The quantitative estimate of drug-likeness (QED) is 0.0904. The number of piperidine rings is 1. The van der Waals surface area contributed by atoms with Gasteiger partial charge in [0.05, 0.1) is 0 Å². The topological polar surface area (TPSA) is 320 Å². The number of rotatable bonds is 16. The van der Waals surface area contributed by atoms with Crippen LogP contribution >= 0.6 is 0 Å². The minimum atomic E-state index is -1.93. The van der Waals surface area contributed by atoms with Crippen LogP contribution in [0.1, 0.15) is 139 Å². The molecule has 4 aliphatic rings. The smallest absolute Gasteiger partial charge is 0.329 e. The van der Waals surface area contributed by atoms with Crippen LogP contribution in [0.2, 0.25) is 0 Å². The zero-order valence-corrected chi connectivity index (χ0v) is 47.8. The third-order valence-electron chi connectivity index (χ3n) is 15.1. The largest absolute Gasteiger partial charge is 0.508 e. The predicted molar refractivity (Wildman–Crippen MR) is 289 cm³/mol. The fourth-order valence-electron chi connectivity index (χ4n) is 10.6. The Kier molecular flexibility index (Phi) is 23.0. The number of allylic oxidation sites excluding steroid dienone is 1. The molecule has 2 unspecified atom stereocenters. The van der Waals surface area contributed by atoms with E-state index in [1.165, 1.54) is 55.8 Å². The number of phenolic OH excluding ortho intramolecular Hbond substituents is 1. The van der Waals surface area contributed by atoms with E-state index in [-0.39, 0.29) is 81.4 Å². The SMILES string of the molecule is C/C=C1/NC(=O)[C@@H](NC(=O)[C@@H](NC(=O)C2CCCN2C(=O)CCC)[C@H](C)OC(=O)C2CCCN2C(=O)CCC)[C@@H](C)OC(=O)[C@H](C(C)C)NC(=O)[C@H](Cc2ccc(O)cc2)N(C)C(=O)[C@H](CC(C)C)N2C(=O)[C@H](CC[C@H]2O)NC1=O. The van der Waals surface area contributed by atoms with Crippen molar-refractivity contribution in [1.29, 1.82) is 0 Å². The molecular weight excluding hydrogens is 1040 g/mol. The third-order valence-corrected chi connectivity index (χ3v) is 15.1. The van der Waals surface area contributed by atoms with Gasteiger partial charge in [-0.1, -0.05) is 59.8 Å². The standard InChI is InChI=1S/C56H83N9O15/c1-11-16-42(67)63-26-14-18-38(63)49(71)60-47(32(8)79-55(77)39-19-15-27-64(39)43(68)17-12-2)52(74)61-46-33(9)80-56(78)45(31(6)7)59-50(72)40(29-34-20-22-35(66)23-21-34)62(10)54(76)41(28-30(4)5)65-44(69)25-24-37(53(65)75)58-48(70)36(13-3)57-51(46)73/h13,20-23,30-33,37-41,44-47,66,69H,11-12,14-19,24-29H2,1-10H3,(H,57,73)(H,58,70)(H,59,72)(H,60,71)(H,61,74)/b36-13+/t32-,33+,37-,38?,39?,40-,41-,44+,45-,46-,47-/m0/s1. The first-order valence-corrected chi connectivity index (χ1v) is 28.1. The van der Waals surface area contributed by atoms with E-state index < -0.39 is 132 Å². The molecule has 1 aromatic rings. The van der Waals surface area contributed by atoms with Gasteiger partial charge in [-0.15, -0.1) is 0 Å². The number of likely N-dealkylation sites (N-methyl/N-ethyl adjacent to an activating group) is 1. The summed E-state index contributed by atoms with van der Waals surface area (Å²) in [4.78, 5) is 162. The molecule has 0 spiro atoms. The molecule has 7 N–H and O–H groups in total. The van der Waals surface area contributed by atoms with E-state index in [1.807, 2.05) is 13.8 Å². The Balaban J connectivity index is 1.58. The molecule has 80 heavy (non-hydrogen) atoms. The van der Waals surface area contributed by atoms with E-state index in [2.05, 4.69) is 26.6 Å². The molecule has 0 radical (unpaired) electrons. The van der Waals surface area contributed by atoms with Gasteiger partial charge in [0.15, 0.2) is 0 Å². The summed E-state index contributed by atoms with van der Waals surface area (Å²) < 4.78 is 11.8. The van der Waals surface area contributed by atoms with Gasteiger partial charge < -0.3 is 65.9 Å². The van der Waals surface area contributed by atoms with Gasteiger partial charge in [0.25, 0.3) is 11.8 Å². The van der Waals surface area contributed by atoms with Crippen LogP contribution in [0.15, 0.2) is 36.0 Å². The molecule has 0 aromatic heterocycles. The van der Waals surface area contributed by atoms with Gasteiger partial charge in [-0.25, -0.2) is 9.59 Å². The summed E-state index contributed by atoms with van der Waals surface area (Å²) in [7, 11) is 1.35. The van der Waals surface area contributed by atoms with Crippen molar-refractivity contribution in [3.05, 3.63) is 41.6 Å². The monoisotopic (exact) mass is 1120 g/mol. The van der Waals surface area contributed by atoms with Crippen LogP contribution in [-0.2, 0) is 68.6 Å². The highest BCUT2D eigenvalue weighted by molar-refractivity contribution is 6.03. The Morgan fingerprint density at radius 2 is 1.41 bits per heavy atom. The molecular formula is C56H83N9O15. The molecule has 0 saturated carbocycles. The number of nitrogens with one attached hydrogen (secondary N) is 5. The van der Waals surface area contributed by atoms with Gasteiger partial charge in [-0.05, 0) is 108 Å². The van der Waals surface area contributed by atoms with E-state index in [9.17, 15) is 63.0 Å². The number of ether oxygens (including phenoxy) is 2. The molecule has 1 aromatic carbocycles. The summed E-state index contributed by atoms with van der Waals surface area (Å²) in [6.07, 6.45) is -0.884. The van der Waals surface area contributed by atoms with Crippen molar-refractivity contribution in [1.82, 2.24) is 46.2 Å². The molecule has 5 rings (SSSR count). The van der Waals surface area contributed by atoms with Crippen LogP contribution < -0.4 is 26.6 Å². The van der Waals surface area contributed by atoms with Crippen molar-refractivity contribution in [3.8, 4) is 5.75 Å². The lowest BCUT2D eigenvalue weighted by Gasteiger charge is -2.43. The van der Waals surface area contributed by atoms with Gasteiger partial charge in [-0.2, -0.15) is 0 Å². The molecule has 11 atom stereocenters. The lowest BCUT2D eigenvalue weighted by atomic mass is 9.94. The second-order valence-corrected chi connectivity index (χ2v) is 22.0. The van der Waals surface area contributed by atoms with Crippen LogP contribution in [0.4, 0.5) is 0 Å². The van der Waals surface area contributed by atoms with Gasteiger partial charge in [0.2, 0.25) is 41.4 Å². The second kappa shape index (κ2) is 28.9. The Labute approximate surface area is 467 Å². The highest BCUT2D eigenvalue weighted by atomic mass is 16.6. The maximum absolute atomic E-state index is 14.9. The fourth-order valence-corrected chi connectivity index (χ4v) is 10.6. The van der Waals surface area contributed by atoms with Crippen LogP contribution in [0.25, 0.3) is 0 Å². The minimum absolute atomic E-state index is 0.0187. The predicted octanol–water partition coefficient (Wildman–Crippen LogP) is 1.19. The zero-order chi connectivity index (χ0) is 59.3. The van der Waals surface area contributed by atoms with Crippen molar-refractivity contribution >= 4 is 65.1 Å². The number of nitrogens with zero attached hydrogens (tertiary/aromatic N) is 4. The van der Waals surface area contributed by atoms with Gasteiger partial charge >= 0.3 is 11.9 Å². The molecule has 2 bridgehead atoms. The van der Waals surface area contributed by atoms with Gasteiger partial charge in [0.1, 0.15) is 78.2 Å². The number of aliphatic hydroxyl groups excluding tert-OH is 1. The molecule has 442 valence electrons. The molecule has 0 aliphatic carbocycles. The number of aromatic hydroxyl groups is 1. The fraction of sp³-hybridized carbons (Fsp3) is 0.661. The van der Waals surface area contributed by atoms with E-state index in [1.54, 1.807) is 39.8 Å². The summed E-state index contributed by atoms with van der Waals surface area (Å²) in [5, 5.41) is 34.5. The van der Waals surface area contributed by atoms with Gasteiger partial charge in [-0.3, -0.25) is 43.2 Å². The summed E-state index contributed by atoms with van der Waals surface area (Å²) in [5.41, 5.74) is 0.0608. The molecule has 4 aliphatic heterocycles. The molecule has 4 heterocycles. The zero-order valence-electron chi connectivity index (χ0n) is 47.8. The van der Waals surface area contributed by atoms with Crippen LogP contribution in [0.5, 0.6) is 5.75 Å². The van der Waals surface area contributed by atoms with E-state index in [0.29, 0.717) is 37.8 Å². The van der Waals surface area contributed by atoms with Crippen molar-refractivity contribution in [3.63, 3.8) is 0 Å². The Hall–Kier alpha value is -7.11. The number of hydrogen-bond acceptors (Lipinski definition) is 15. The highest BCUT2D eigenvalue weighted by Gasteiger charge is 2.47. The maximum atomic E-state index is 14.9. The molecule has 4 saturated heterocycles. The lowest BCUT2D eigenvalue weighted by molar-refractivity contribution is -0.166. The first-order valence-electron chi connectivity index (χ1n) is 28.1. The van der Waals surface area contributed by atoms with Crippen molar-refractivity contribution in [2.24, 2.45) is 11.8 Å². The van der Waals surface area contributed by atoms with Crippen molar-refractivity contribution in [2.75, 3.05) is 20.1 Å². The number of benzene rings is 1. The van der Waals surface area contributed by atoms with Crippen LogP contribution in [-0.4, -0.2) is 182 Å². The number of phenols is 1. The Morgan fingerprint density at radius 1 is 0.812 bits per heavy atom. The highest BCUT2D eigenvalue weighted by Crippen LogP contribution is 2.28. The first kappa shape index (κ1) is 63.7. The Bertz CT molecular complexity index is 2490. The third kappa shape index (κ3) is 15.8. The second-order valence-electron chi connectivity index (χ2n) is 22.0. The molecule has 24 heteroatoms. The number of carbonyl (C=O) groups excluding carboxylic acids is 11. The number of cyclic esters (lactones) is 1. The Morgan fingerprint density at radius 3 is 1.99 bits per heavy atom. The summed E-state index contributed by atoms with van der Waals surface area (Å²) in [6.45, 7) is 15.0. The number of amides is 9. The first-order chi connectivity index (χ1) is 37.8.